The fourth-order valence-electron chi connectivity index (χ4n) is 1.94. The van der Waals surface area contributed by atoms with Crippen LogP contribution < -0.4 is 5.32 Å². The second kappa shape index (κ2) is 6.58. The van der Waals surface area contributed by atoms with Gasteiger partial charge >= 0.3 is 0 Å². The van der Waals surface area contributed by atoms with Gasteiger partial charge in [-0.25, -0.2) is 0 Å². The number of furan rings is 1. The van der Waals surface area contributed by atoms with Crippen LogP contribution in [0.5, 0.6) is 0 Å². The molecule has 0 radical (unpaired) electrons. The molecule has 1 N–H and O–H groups in total. The van der Waals surface area contributed by atoms with Crippen LogP contribution in [0.4, 0.5) is 0 Å². The highest BCUT2D eigenvalue weighted by atomic mass is 35.5. The van der Waals surface area contributed by atoms with Crippen LogP contribution in [0, 0.1) is 0 Å². The molecule has 1 aromatic heterocycles. The Hall–Kier alpha value is -1.39. The van der Waals surface area contributed by atoms with E-state index in [1.165, 1.54) is 0 Å². The molecule has 1 aromatic carbocycles. The minimum atomic E-state index is -0.111. The number of carbonyl (C=O) groups is 1. The molecule has 2 aromatic rings. The highest BCUT2D eigenvalue weighted by Crippen LogP contribution is 2.24. The molecular weight excluding hydrogens is 306 g/mol. The van der Waals surface area contributed by atoms with E-state index in [2.05, 4.69) is 5.32 Å². The predicted molar refractivity (Wildman–Crippen MR) is 85.6 cm³/mol. The van der Waals surface area contributed by atoms with Crippen LogP contribution in [-0.4, -0.2) is 11.9 Å². The molecule has 1 aliphatic rings. The van der Waals surface area contributed by atoms with Gasteiger partial charge in [0.1, 0.15) is 5.76 Å². The van der Waals surface area contributed by atoms with Crippen LogP contribution in [0.25, 0.3) is 0 Å². The smallest absolute Gasteiger partial charge is 0.287 e. The van der Waals surface area contributed by atoms with E-state index in [1.807, 2.05) is 30.3 Å². The van der Waals surface area contributed by atoms with Crippen molar-refractivity contribution < 1.29 is 9.21 Å². The van der Waals surface area contributed by atoms with E-state index in [-0.39, 0.29) is 5.91 Å². The van der Waals surface area contributed by atoms with E-state index >= 15 is 0 Å². The number of hydrogen-bond donors (Lipinski definition) is 1. The molecule has 21 heavy (non-hydrogen) atoms. The molecule has 3 rings (SSSR count). The van der Waals surface area contributed by atoms with E-state index in [1.54, 1.807) is 17.8 Å². The Morgan fingerprint density at radius 2 is 2.05 bits per heavy atom. The van der Waals surface area contributed by atoms with Gasteiger partial charge in [-0.3, -0.25) is 4.79 Å². The molecular formula is C16H16ClNO2S. The third-order valence-electron chi connectivity index (χ3n) is 3.26. The zero-order valence-corrected chi connectivity index (χ0v) is 13.0. The fraction of sp³-hybridized carbons (Fsp3) is 0.312. The van der Waals surface area contributed by atoms with Crippen molar-refractivity contribution >= 4 is 29.3 Å². The summed E-state index contributed by atoms with van der Waals surface area (Å²) in [6, 6.07) is 11.8. The van der Waals surface area contributed by atoms with Gasteiger partial charge in [-0.15, -0.1) is 11.8 Å². The van der Waals surface area contributed by atoms with E-state index in [0.29, 0.717) is 11.8 Å². The van der Waals surface area contributed by atoms with Gasteiger partial charge in [0.25, 0.3) is 5.91 Å². The first-order valence-corrected chi connectivity index (χ1v) is 8.46. The molecule has 3 nitrogen and oxygen atoms in total. The second-order valence-electron chi connectivity index (χ2n) is 5.10. The third kappa shape index (κ3) is 4.05. The molecule has 0 unspecified atom stereocenters. The van der Waals surface area contributed by atoms with Crippen LogP contribution in [-0.2, 0) is 11.5 Å². The number of benzene rings is 1. The summed E-state index contributed by atoms with van der Waals surface area (Å²) >= 11 is 7.83. The van der Waals surface area contributed by atoms with Gasteiger partial charge in [-0.05, 0) is 36.6 Å². The number of rotatable bonds is 6. The van der Waals surface area contributed by atoms with Gasteiger partial charge in [0.05, 0.1) is 5.75 Å². The van der Waals surface area contributed by atoms with Gasteiger partial charge in [-0.1, -0.05) is 29.8 Å². The average Bonchev–Trinajstić information content (AvgIpc) is 3.16. The molecule has 1 saturated carbocycles. The Balaban J connectivity index is 1.50. The maximum atomic E-state index is 11.8. The molecule has 1 amide bonds. The van der Waals surface area contributed by atoms with Gasteiger partial charge in [0, 0.05) is 16.8 Å². The summed E-state index contributed by atoms with van der Waals surface area (Å²) in [5.41, 5.74) is 1.11. The minimum absolute atomic E-state index is 0.111. The van der Waals surface area contributed by atoms with Crippen molar-refractivity contribution in [2.75, 3.05) is 0 Å². The average molecular weight is 322 g/mol. The lowest BCUT2D eigenvalue weighted by Gasteiger charge is -2.03. The van der Waals surface area contributed by atoms with Crippen molar-refractivity contribution in [3.05, 3.63) is 58.5 Å². The zero-order valence-electron chi connectivity index (χ0n) is 11.5. The van der Waals surface area contributed by atoms with E-state index < -0.39 is 0 Å². The maximum Gasteiger partial charge on any atom is 0.287 e. The molecule has 0 saturated heterocycles. The normalized spacial score (nSPS) is 14.1. The Morgan fingerprint density at radius 3 is 2.81 bits per heavy atom. The molecule has 0 bridgehead atoms. The van der Waals surface area contributed by atoms with Crippen molar-refractivity contribution in [1.82, 2.24) is 5.32 Å². The van der Waals surface area contributed by atoms with Crippen molar-refractivity contribution in [3.8, 4) is 0 Å². The summed E-state index contributed by atoms with van der Waals surface area (Å²) in [5, 5.41) is 3.70. The van der Waals surface area contributed by atoms with Gasteiger partial charge < -0.3 is 9.73 Å². The maximum absolute atomic E-state index is 11.8. The van der Waals surface area contributed by atoms with Gasteiger partial charge in [-0.2, -0.15) is 0 Å². The Bertz CT molecular complexity index is 637. The van der Waals surface area contributed by atoms with Crippen molar-refractivity contribution in [2.45, 2.75) is 30.4 Å². The molecule has 1 heterocycles. The topological polar surface area (TPSA) is 42.2 Å². The van der Waals surface area contributed by atoms with E-state index in [0.717, 1.165) is 40.7 Å². The number of hydrogen-bond acceptors (Lipinski definition) is 3. The molecule has 1 fully saturated rings. The van der Waals surface area contributed by atoms with E-state index in [4.69, 9.17) is 16.0 Å². The highest BCUT2D eigenvalue weighted by molar-refractivity contribution is 7.97. The van der Waals surface area contributed by atoms with E-state index in [9.17, 15) is 4.79 Å². The highest BCUT2D eigenvalue weighted by Gasteiger charge is 2.25. The van der Waals surface area contributed by atoms with Crippen LogP contribution in [0.15, 0.2) is 40.8 Å². The van der Waals surface area contributed by atoms with Crippen molar-refractivity contribution in [1.29, 1.82) is 0 Å². The fourth-order valence-corrected chi connectivity index (χ4v) is 3.15. The SMILES string of the molecule is O=C(NC1CC1)c1ccc(CSCc2ccccc2Cl)o1. The molecule has 5 heteroatoms. The summed E-state index contributed by atoms with van der Waals surface area (Å²) < 4.78 is 5.58. The van der Waals surface area contributed by atoms with Crippen molar-refractivity contribution in [2.24, 2.45) is 0 Å². The van der Waals surface area contributed by atoms with Crippen LogP contribution in [0.1, 0.15) is 34.7 Å². The summed E-state index contributed by atoms with van der Waals surface area (Å²) in [6.45, 7) is 0. The lowest BCUT2D eigenvalue weighted by molar-refractivity contribution is 0.0922. The van der Waals surface area contributed by atoms with Gasteiger partial charge in [0.15, 0.2) is 5.76 Å². The molecule has 1 aliphatic carbocycles. The molecule has 110 valence electrons. The zero-order chi connectivity index (χ0) is 14.7. The Morgan fingerprint density at radius 1 is 1.24 bits per heavy atom. The first-order valence-electron chi connectivity index (χ1n) is 6.93. The number of halogens is 1. The Labute approximate surface area is 133 Å². The van der Waals surface area contributed by atoms with Crippen LogP contribution in [0.3, 0.4) is 0 Å². The number of amides is 1. The van der Waals surface area contributed by atoms with Gasteiger partial charge in [0.2, 0.25) is 0 Å². The molecule has 0 spiro atoms. The summed E-state index contributed by atoms with van der Waals surface area (Å²) in [6.07, 6.45) is 2.15. The standard InChI is InChI=1S/C16H16ClNO2S/c17-14-4-2-1-3-11(14)9-21-10-13-7-8-15(20-13)16(19)18-12-5-6-12/h1-4,7-8,12H,5-6,9-10H2,(H,18,19). The number of nitrogens with one attached hydrogen (secondary N) is 1. The monoisotopic (exact) mass is 321 g/mol. The first kappa shape index (κ1) is 14.5. The van der Waals surface area contributed by atoms with Crippen molar-refractivity contribution in [3.63, 3.8) is 0 Å². The summed E-state index contributed by atoms with van der Waals surface area (Å²) in [5.74, 6) is 2.65. The number of carbonyl (C=O) groups excluding carboxylic acids is 1. The Kier molecular flexibility index (Phi) is 4.56. The molecule has 0 aliphatic heterocycles. The largest absolute Gasteiger partial charge is 0.455 e. The third-order valence-corrected chi connectivity index (χ3v) is 4.63. The second-order valence-corrected chi connectivity index (χ2v) is 6.49. The predicted octanol–water partition coefficient (Wildman–Crippen LogP) is 4.26. The quantitative estimate of drug-likeness (QED) is 0.864. The first-order chi connectivity index (χ1) is 10.2. The number of thioether (sulfide) groups is 1. The van der Waals surface area contributed by atoms with Crippen LogP contribution >= 0.6 is 23.4 Å². The minimum Gasteiger partial charge on any atom is -0.455 e. The lowest BCUT2D eigenvalue weighted by Crippen LogP contribution is -2.24. The lowest BCUT2D eigenvalue weighted by atomic mass is 10.2. The molecule has 0 atom stereocenters. The van der Waals surface area contributed by atoms with Crippen LogP contribution in [0.2, 0.25) is 5.02 Å². The summed E-state index contributed by atoms with van der Waals surface area (Å²) in [7, 11) is 0. The summed E-state index contributed by atoms with van der Waals surface area (Å²) in [4.78, 5) is 11.8.